The van der Waals surface area contributed by atoms with E-state index in [1.54, 1.807) is 0 Å². The zero-order valence-corrected chi connectivity index (χ0v) is 23.5. The molecule has 0 spiro atoms. The summed E-state index contributed by atoms with van der Waals surface area (Å²) in [5.74, 6) is -1.79. The van der Waals surface area contributed by atoms with Crippen LogP contribution >= 0.6 is 11.8 Å². The van der Waals surface area contributed by atoms with Crippen LogP contribution in [-0.4, -0.2) is 74.9 Å². The molecule has 0 unspecified atom stereocenters. The Bertz CT molecular complexity index is 1190. The Hall–Kier alpha value is -2.69. The van der Waals surface area contributed by atoms with E-state index >= 15 is 0 Å². The van der Waals surface area contributed by atoms with Gasteiger partial charge in [-0.3, -0.25) is 14.4 Å². The van der Waals surface area contributed by atoms with Crippen LogP contribution in [0.15, 0.2) is 40.9 Å². The number of aliphatic carboxylic acids is 1. The van der Waals surface area contributed by atoms with Crippen molar-refractivity contribution in [1.29, 1.82) is 0 Å². The van der Waals surface area contributed by atoms with Crippen LogP contribution in [0.3, 0.4) is 0 Å². The lowest BCUT2D eigenvalue weighted by molar-refractivity contribution is -0.160. The number of likely N-dealkylation sites (tertiary alicyclic amines) is 1. The molecule has 4 aliphatic rings. The second-order valence-electron chi connectivity index (χ2n) is 11.5. The standard InChI is InChI=1S/C29H38N4O5S/c1-4-19(34)10-15(2)23-24-16(3)26(25(29(37)38)33(24)28(23)36)39-20-12-21(31-13-20)27(35)32-14-18(30)11-22(32)17-8-6-5-7-9-17/h5-9,15-16,18,20-24,31H,4,10-14,30H2,1-3H3,(H,37,38)/t15-,16+,18+,20-,21-,22-,23+,24+/m0/s1. The number of carboxylic acid groups (broad SMARTS) is 1. The third-order valence-corrected chi connectivity index (χ3v) is 10.3. The van der Waals surface area contributed by atoms with Crippen molar-refractivity contribution < 1.29 is 24.3 Å². The van der Waals surface area contributed by atoms with Gasteiger partial charge in [0.25, 0.3) is 0 Å². The lowest BCUT2D eigenvalue weighted by atomic mass is 9.73. The fourth-order valence-corrected chi connectivity index (χ4v) is 8.34. The summed E-state index contributed by atoms with van der Waals surface area (Å²) in [6.45, 7) is 6.79. The van der Waals surface area contributed by atoms with Crippen LogP contribution in [0, 0.1) is 17.8 Å². The van der Waals surface area contributed by atoms with E-state index < -0.39 is 5.97 Å². The topological polar surface area (TPSA) is 133 Å². The number of fused-ring (bicyclic) bond motifs is 1. The van der Waals surface area contributed by atoms with Crippen LogP contribution in [0.1, 0.15) is 58.1 Å². The molecule has 4 heterocycles. The number of hydrogen-bond acceptors (Lipinski definition) is 7. The van der Waals surface area contributed by atoms with E-state index in [0.717, 1.165) is 12.0 Å². The summed E-state index contributed by atoms with van der Waals surface area (Å²) in [5.41, 5.74) is 7.41. The fraction of sp³-hybridized carbons (Fsp3) is 0.586. The van der Waals surface area contributed by atoms with Gasteiger partial charge in [-0.15, -0.1) is 11.8 Å². The molecule has 1 aromatic rings. The van der Waals surface area contributed by atoms with Gasteiger partial charge in [-0.1, -0.05) is 51.1 Å². The van der Waals surface area contributed by atoms with Gasteiger partial charge in [0.05, 0.1) is 24.0 Å². The zero-order chi connectivity index (χ0) is 28.0. The minimum Gasteiger partial charge on any atom is -0.477 e. The monoisotopic (exact) mass is 554 g/mol. The van der Waals surface area contributed by atoms with Crippen molar-refractivity contribution in [3.63, 3.8) is 0 Å². The van der Waals surface area contributed by atoms with Crippen LogP contribution in [0.4, 0.5) is 0 Å². The smallest absolute Gasteiger partial charge is 0.353 e. The minimum atomic E-state index is -1.11. The van der Waals surface area contributed by atoms with E-state index in [-0.39, 0.29) is 70.5 Å². The summed E-state index contributed by atoms with van der Waals surface area (Å²) in [5, 5.41) is 13.4. The van der Waals surface area contributed by atoms with Crippen LogP contribution in [0.5, 0.6) is 0 Å². The number of nitrogens with zero attached hydrogens (tertiary/aromatic N) is 2. The van der Waals surface area contributed by atoms with Crippen molar-refractivity contribution in [1.82, 2.24) is 15.1 Å². The molecular formula is C29H38N4O5S. The number of nitrogens with two attached hydrogens (primary N) is 1. The first-order chi connectivity index (χ1) is 18.6. The highest BCUT2D eigenvalue weighted by Gasteiger charge is 2.60. The molecule has 5 rings (SSSR count). The summed E-state index contributed by atoms with van der Waals surface area (Å²) in [6.07, 6.45) is 2.05. The fourth-order valence-electron chi connectivity index (χ4n) is 6.86. The molecule has 0 aromatic heterocycles. The van der Waals surface area contributed by atoms with E-state index in [0.29, 0.717) is 37.3 Å². The Balaban J connectivity index is 1.27. The van der Waals surface area contributed by atoms with Crippen molar-refractivity contribution in [2.75, 3.05) is 13.1 Å². The second-order valence-corrected chi connectivity index (χ2v) is 12.8. The predicted octanol–water partition coefficient (Wildman–Crippen LogP) is 2.53. The highest BCUT2D eigenvalue weighted by Crippen LogP contribution is 2.53. The van der Waals surface area contributed by atoms with Gasteiger partial charge in [-0.25, -0.2) is 4.79 Å². The van der Waals surface area contributed by atoms with Crippen molar-refractivity contribution >= 4 is 35.3 Å². The quantitative estimate of drug-likeness (QED) is 0.397. The number of thioether (sulfide) groups is 1. The Labute approximate surface area is 233 Å². The van der Waals surface area contributed by atoms with Crippen molar-refractivity contribution in [2.45, 2.75) is 75.9 Å². The lowest BCUT2D eigenvalue weighted by Gasteiger charge is -2.47. The average Bonchev–Trinajstić information content (AvgIpc) is 3.60. The zero-order valence-electron chi connectivity index (χ0n) is 22.7. The van der Waals surface area contributed by atoms with E-state index in [9.17, 15) is 24.3 Å². The number of amides is 2. The SMILES string of the molecule is CCC(=O)C[C@H](C)[C@H]1C(=O)N2C(C(=O)O)=C(S[C@@H]3CN[C@H](C(=O)N4C[C@H](N)C[C@H]4c4ccccc4)C3)[C@H](C)[C@H]12. The molecule has 2 amide bonds. The third-order valence-electron chi connectivity index (χ3n) is 8.83. The summed E-state index contributed by atoms with van der Waals surface area (Å²) >= 11 is 1.48. The van der Waals surface area contributed by atoms with Crippen LogP contribution in [0.25, 0.3) is 0 Å². The van der Waals surface area contributed by atoms with Crippen molar-refractivity contribution in [2.24, 2.45) is 23.5 Å². The van der Waals surface area contributed by atoms with Gasteiger partial charge in [-0.2, -0.15) is 0 Å². The van der Waals surface area contributed by atoms with Crippen molar-refractivity contribution in [3.05, 3.63) is 46.5 Å². The number of carbonyl (C=O) groups excluding carboxylic acids is 3. The third kappa shape index (κ3) is 5.02. The molecule has 0 bridgehead atoms. The molecule has 0 saturated carbocycles. The van der Waals surface area contributed by atoms with Gasteiger partial charge >= 0.3 is 5.97 Å². The second kappa shape index (κ2) is 11.1. The molecule has 4 aliphatic heterocycles. The molecule has 10 heteroatoms. The molecule has 3 fully saturated rings. The van der Waals surface area contributed by atoms with Crippen molar-refractivity contribution in [3.8, 4) is 0 Å². The Morgan fingerprint density at radius 1 is 1.21 bits per heavy atom. The number of benzene rings is 1. The van der Waals surface area contributed by atoms with Gasteiger partial charge in [0.15, 0.2) is 0 Å². The number of β-lactam (4-membered cyclic amide) rings is 1. The van der Waals surface area contributed by atoms with Gasteiger partial charge in [0.1, 0.15) is 11.5 Å². The van der Waals surface area contributed by atoms with E-state index in [4.69, 9.17) is 5.73 Å². The molecule has 9 nitrogen and oxygen atoms in total. The first-order valence-electron chi connectivity index (χ1n) is 14.0. The molecule has 3 saturated heterocycles. The molecule has 39 heavy (non-hydrogen) atoms. The van der Waals surface area contributed by atoms with Crippen LogP contribution < -0.4 is 11.1 Å². The number of Topliss-reactive ketones (excluding diaryl/α,β-unsaturated/α-hetero) is 1. The number of rotatable bonds is 9. The summed E-state index contributed by atoms with van der Waals surface area (Å²) < 4.78 is 0. The Morgan fingerprint density at radius 3 is 2.59 bits per heavy atom. The highest BCUT2D eigenvalue weighted by molar-refractivity contribution is 8.03. The van der Waals surface area contributed by atoms with Gasteiger partial charge < -0.3 is 26.0 Å². The molecule has 0 aliphatic carbocycles. The number of hydrogen-bond donors (Lipinski definition) is 3. The molecule has 4 N–H and O–H groups in total. The first kappa shape index (κ1) is 27.9. The Kier molecular flexibility index (Phi) is 7.90. The largest absolute Gasteiger partial charge is 0.477 e. The molecule has 8 atom stereocenters. The minimum absolute atomic E-state index is 0.00328. The lowest BCUT2D eigenvalue weighted by Crippen LogP contribution is -2.62. The number of carboxylic acids is 1. The normalized spacial score (nSPS) is 32.8. The summed E-state index contributed by atoms with van der Waals surface area (Å²) in [7, 11) is 0. The van der Waals surface area contributed by atoms with E-state index in [2.05, 4.69) is 5.32 Å². The molecular weight excluding hydrogens is 516 g/mol. The summed E-state index contributed by atoms with van der Waals surface area (Å²) in [6, 6.07) is 9.24. The van der Waals surface area contributed by atoms with Gasteiger partial charge in [0, 0.05) is 48.0 Å². The predicted molar refractivity (Wildman–Crippen MR) is 148 cm³/mol. The molecule has 0 radical (unpaired) electrons. The highest BCUT2D eigenvalue weighted by atomic mass is 32.2. The van der Waals surface area contributed by atoms with Crippen LogP contribution in [-0.2, 0) is 19.2 Å². The summed E-state index contributed by atoms with van der Waals surface area (Å²) in [4.78, 5) is 55.1. The maximum absolute atomic E-state index is 13.6. The van der Waals surface area contributed by atoms with Crippen LogP contribution in [0.2, 0.25) is 0 Å². The molecule has 210 valence electrons. The van der Waals surface area contributed by atoms with E-state index in [1.165, 1.54) is 16.7 Å². The maximum atomic E-state index is 13.6. The number of nitrogens with one attached hydrogen (secondary N) is 1. The van der Waals surface area contributed by atoms with Gasteiger partial charge in [0.2, 0.25) is 11.8 Å². The Morgan fingerprint density at radius 2 is 1.92 bits per heavy atom. The average molecular weight is 555 g/mol. The molecule has 1 aromatic carbocycles. The first-order valence-corrected chi connectivity index (χ1v) is 14.8. The van der Waals surface area contributed by atoms with Gasteiger partial charge in [-0.05, 0) is 24.3 Å². The maximum Gasteiger partial charge on any atom is 0.353 e. The number of ketones is 1. The number of carbonyl (C=O) groups is 4. The van der Waals surface area contributed by atoms with E-state index in [1.807, 2.05) is 56.0 Å².